The summed E-state index contributed by atoms with van der Waals surface area (Å²) in [5.41, 5.74) is 0.867. The number of likely N-dealkylation sites (tertiary alicyclic amines) is 1. The Morgan fingerprint density at radius 2 is 2.17 bits per heavy atom. The molecule has 1 aliphatic heterocycles. The third kappa shape index (κ3) is 2.49. The maximum Gasteiger partial charge on any atom is 0.267 e. The van der Waals surface area contributed by atoms with Crippen LogP contribution in [0.1, 0.15) is 29.3 Å². The fourth-order valence-corrected chi connectivity index (χ4v) is 2.14. The van der Waals surface area contributed by atoms with Crippen molar-refractivity contribution in [3.05, 3.63) is 35.1 Å². The largest absolute Gasteiger partial charge is 0.332 e. The lowest BCUT2D eigenvalue weighted by molar-refractivity contribution is 0.0120. The number of hydrogen-bond donors (Lipinski definition) is 0. The average molecular weight is 257 g/mol. The van der Waals surface area contributed by atoms with Crippen LogP contribution in [0.5, 0.6) is 0 Å². The van der Waals surface area contributed by atoms with Crippen LogP contribution in [0.15, 0.2) is 18.2 Å². The first-order valence-corrected chi connectivity index (χ1v) is 5.88. The minimum Gasteiger partial charge on any atom is -0.332 e. The van der Waals surface area contributed by atoms with Gasteiger partial charge in [-0.05, 0) is 30.2 Å². The van der Waals surface area contributed by atoms with Crippen LogP contribution < -0.4 is 0 Å². The van der Waals surface area contributed by atoms with Gasteiger partial charge in [-0.1, -0.05) is 6.92 Å². The van der Waals surface area contributed by atoms with Gasteiger partial charge in [0.25, 0.3) is 11.8 Å². The van der Waals surface area contributed by atoms with Gasteiger partial charge in [0.2, 0.25) is 0 Å². The molecule has 2 nitrogen and oxygen atoms in total. The van der Waals surface area contributed by atoms with Crippen molar-refractivity contribution in [3.8, 4) is 0 Å². The Bertz CT molecular complexity index is 473. The number of carbonyl (C=O) groups excluding carboxylic acids is 1. The molecule has 0 bridgehead atoms. The molecular weight excluding hydrogens is 243 g/mol. The summed E-state index contributed by atoms with van der Waals surface area (Å²) in [6, 6.07) is 3.83. The molecule has 0 aliphatic carbocycles. The van der Waals surface area contributed by atoms with Crippen LogP contribution in [-0.4, -0.2) is 29.8 Å². The molecule has 0 spiro atoms. The zero-order chi connectivity index (χ0) is 13.3. The summed E-state index contributed by atoms with van der Waals surface area (Å²) in [7, 11) is 0. The van der Waals surface area contributed by atoms with Crippen LogP contribution in [-0.2, 0) is 6.42 Å². The number of nitrogens with zero attached hydrogens (tertiary/aromatic N) is 1. The maximum absolute atomic E-state index is 13.1. The van der Waals surface area contributed by atoms with Gasteiger partial charge in [0, 0.05) is 18.5 Å². The van der Waals surface area contributed by atoms with Crippen LogP contribution in [0.2, 0.25) is 0 Å². The molecule has 5 heteroatoms. The van der Waals surface area contributed by atoms with Gasteiger partial charge in [0.15, 0.2) is 0 Å². The summed E-state index contributed by atoms with van der Waals surface area (Å²) in [5.74, 6) is -3.67. The van der Waals surface area contributed by atoms with Crippen molar-refractivity contribution in [3.63, 3.8) is 0 Å². The van der Waals surface area contributed by atoms with E-state index in [2.05, 4.69) is 0 Å². The average Bonchev–Trinajstić information content (AvgIpc) is 2.68. The predicted molar refractivity (Wildman–Crippen MR) is 61.2 cm³/mol. The molecule has 0 aromatic heterocycles. The summed E-state index contributed by atoms with van der Waals surface area (Å²) in [6.45, 7) is 1.29. The van der Waals surface area contributed by atoms with Gasteiger partial charge in [-0.2, -0.15) is 0 Å². The highest BCUT2D eigenvalue weighted by atomic mass is 19.3. The van der Waals surface area contributed by atoms with Gasteiger partial charge in [0.1, 0.15) is 5.82 Å². The highest BCUT2D eigenvalue weighted by molar-refractivity contribution is 5.96. The molecule has 98 valence electrons. The quantitative estimate of drug-likeness (QED) is 0.797. The van der Waals surface area contributed by atoms with Crippen LogP contribution in [0.3, 0.4) is 0 Å². The molecule has 1 saturated heterocycles. The maximum atomic E-state index is 13.1. The Balaban J connectivity index is 2.24. The molecule has 1 amide bonds. The molecule has 18 heavy (non-hydrogen) atoms. The Labute approximate surface area is 103 Å². The monoisotopic (exact) mass is 257 g/mol. The van der Waals surface area contributed by atoms with Crippen molar-refractivity contribution < 1.29 is 18.0 Å². The van der Waals surface area contributed by atoms with E-state index in [-0.39, 0.29) is 13.0 Å². The third-order valence-electron chi connectivity index (χ3n) is 3.14. The predicted octanol–water partition coefficient (Wildman–Crippen LogP) is 2.87. The zero-order valence-corrected chi connectivity index (χ0v) is 10.0. The second-order valence-electron chi connectivity index (χ2n) is 4.49. The minimum absolute atomic E-state index is 0.0480. The molecule has 0 saturated carbocycles. The SMILES string of the molecule is CCc1cc(F)ccc1C(=O)N1CCC(F)(F)C1. The van der Waals surface area contributed by atoms with Crippen LogP contribution in [0, 0.1) is 5.82 Å². The van der Waals surface area contributed by atoms with E-state index in [1.54, 1.807) is 6.92 Å². The first-order chi connectivity index (χ1) is 8.43. The first kappa shape index (κ1) is 12.9. The van der Waals surface area contributed by atoms with Gasteiger partial charge >= 0.3 is 0 Å². The molecule has 1 heterocycles. The Morgan fingerprint density at radius 3 is 2.72 bits per heavy atom. The number of amides is 1. The lowest BCUT2D eigenvalue weighted by Gasteiger charge is -2.17. The summed E-state index contributed by atoms with van der Waals surface area (Å²) in [5, 5.41) is 0. The molecule has 2 rings (SSSR count). The molecular formula is C13H14F3NO. The van der Waals surface area contributed by atoms with E-state index in [1.807, 2.05) is 0 Å². The topological polar surface area (TPSA) is 20.3 Å². The fraction of sp³-hybridized carbons (Fsp3) is 0.462. The third-order valence-corrected chi connectivity index (χ3v) is 3.14. The summed E-state index contributed by atoms with van der Waals surface area (Å²) < 4.78 is 39.2. The first-order valence-electron chi connectivity index (χ1n) is 5.88. The Kier molecular flexibility index (Phi) is 3.32. The molecule has 0 radical (unpaired) electrons. The van der Waals surface area contributed by atoms with E-state index in [4.69, 9.17) is 0 Å². The van der Waals surface area contributed by atoms with E-state index in [0.717, 1.165) is 4.90 Å². The Morgan fingerprint density at radius 1 is 1.44 bits per heavy atom. The summed E-state index contributed by atoms with van der Waals surface area (Å²) in [6.07, 6.45) is 0.185. The van der Waals surface area contributed by atoms with E-state index in [0.29, 0.717) is 17.5 Å². The smallest absolute Gasteiger partial charge is 0.267 e. The number of benzene rings is 1. The number of alkyl halides is 2. The Hall–Kier alpha value is -1.52. The van der Waals surface area contributed by atoms with Gasteiger partial charge < -0.3 is 4.90 Å². The number of carbonyl (C=O) groups is 1. The van der Waals surface area contributed by atoms with Gasteiger partial charge in [-0.3, -0.25) is 4.79 Å². The highest BCUT2D eigenvalue weighted by Gasteiger charge is 2.40. The van der Waals surface area contributed by atoms with Crippen LogP contribution in [0.25, 0.3) is 0 Å². The fourth-order valence-electron chi connectivity index (χ4n) is 2.14. The number of aryl methyl sites for hydroxylation is 1. The van der Waals surface area contributed by atoms with Crippen molar-refractivity contribution in [2.75, 3.05) is 13.1 Å². The van der Waals surface area contributed by atoms with Crippen molar-refractivity contribution in [1.29, 1.82) is 0 Å². The van der Waals surface area contributed by atoms with Gasteiger partial charge in [-0.15, -0.1) is 0 Å². The van der Waals surface area contributed by atoms with Gasteiger partial charge in [0.05, 0.1) is 6.54 Å². The van der Waals surface area contributed by atoms with Crippen LogP contribution >= 0.6 is 0 Å². The number of rotatable bonds is 2. The molecule has 0 atom stereocenters. The molecule has 1 aromatic rings. The second-order valence-corrected chi connectivity index (χ2v) is 4.49. The lowest BCUT2D eigenvalue weighted by Crippen LogP contribution is -2.32. The second kappa shape index (κ2) is 4.63. The minimum atomic E-state index is -2.80. The van der Waals surface area contributed by atoms with Crippen molar-refractivity contribution in [1.82, 2.24) is 4.90 Å². The highest BCUT2D eigenvalue weighted by Crippen LogP contribution is 2.28. The molecule has 1 fully saturated rings. The van der Waals surface area contributed by atoms with Crippen molar-refractivity contribution in [2.45, 2.75) is 25.7 Å². The van der Waals surface area contributed by atoms with E-state index in [9.17, 15) is 18.0 Å². The number of halogens is 3. The zero-order valence-electron chi connectivity index (χ0n) is 10.0. The summed E-state index contributed by atoms with van der Waals surface area (Å²) in [4.78, 5) is 13.2. The number of hydrogen-bond acceptors (Lipinski definition) is 1. The molecule has 1 aliphatic rings. The molecule has 0 N–H and O–H groups in total. The molecule has 1 aromatic carbocycles. The van der Waals surface area contributed by atoms with E-state index < -0.39 is 24.2 Å². The van der Waals surface area contributed by atoms with E-state index in [1.165, 1.54) is 18.2 Å². The van der Waals surface area contributed by atoms with E-state index >= 15 is 0 Å². The normalized spacial score (nSPS) is 18.1. The van der Waals surface area contributed by atoms with Crippen molar-refractivity contribution >= 4 is 5.91 Å². The molecule has 0 unspecified atom stereocenters. The van der Waals surface area contributed by atoms with Crippen LogP contribution in [0.4, 0.5) is 13.2 Å². The van der Waals surface area contributed by atoms with Crippen molar-refractivity contribution in [2.24, 2.45) is 0 Å². The standard InChI is InChI=1S/C13H14F3NO/c1-2-9-7-10(14)3-4-11(9)12(18)17-6-5-13(15,16)8-17/h3-4,7H,2,5-6,8H2,1H3. The summed E-state index contributed by atoms with van der Waals surface area (Å²) >= 11 is 0. The lowest BCUT2D eigenvalue weighted by atomic mass is 10.0. The van der Waals surface area contributed by atoms with Gasteiger partial charge in [-0.25, -0.2) is 13.2 Å².